The van der Waals surface area contributed by atoms with Gasteiger partial charge in [0.15, 0.2) is 5.13 Å². The smallest absolute Gasteiger partial charge is 0.185 e. The highest BCUT2D eigenvalue weighted by Gasteiger charge is 2.27. The van der Waals surface area contributed by atoms with E-state index in [1.165, 1.54) is 33.6 Å². The largest absolute Gasteiger partial charge is 0.347 e. The number of hydrogen-bond donors (Lipinski definition) is 1. The Morgan fingerprint density at radius 1 is 1.42 bits per heavy atom. The van der Waals surface area contributed by atoms with Crippen LogP contribution >= 0.6 is 23.1 Å². The summed E-state index contributed by atoms with van der Waals surface area (Å²) in [6.07, 6.45) is 1.28. The van der Waals surface area contributed by atoms with Gasteiger partial charge in [-0.2, -0.15) is 11.8 Å². The van der Waals surface area contributed by atoms with Gasteiger partial charge in [-0.15, -0.1) is 11.3 Å². The van der Waals surface area contributed by atoms with Crippen molar-refractivity contribution in [2.75, 3.05) is 30.5 Å². The number of hydrogen-bond acceptors (Lipinski definition) is 5. The quantitative estimate of drug-likeness (QED) is 0.925. The number of rotatable bonds is 4. The lowest BCUT2D eigenvalue weighted by molar-refractivity contribution is 0.562. The minimum absolute atomic E-state index is 0.117. The van der Waals surface area contributed by atoms with E-state index >= 15 is 0 Å². The minimum Gasteiger partial charge on any atom is -0.347 e. The van der Waals surface area contributed by atoms with Crippen molar-refractivity contribution >= 4 is 28.2 Å². The van der Waals surface area contributed by atoms with Gasteiger partial charge < -0.3 is 10.2 Å². The summed E-state index contributed by atoms with van der Waals surface area (Å²) in [5, 5.41) is 4.45. The number of thiazole rings is 1. The van der Waals surface area contributed by atoms with Gasteiger partial charge >= 0.3 is 0 Å². The Hall–Kier alpha value is -0.260. The van der Waals surface area contributed by atoms with Crippen LogP contribution < -0.4 is 10.2 Å². The molecule has 0 radical (unpaired) electrons. The van der Waals surface area contributed by atoms with E-state index in [4.69, 9.17) is 4.98 Å². The highest BCUT2D eigenvalue weighted by molar-refractivity contribution is 7.99. The van der Waals surface area contributed by atoms with Crippen molar-refractivity contribution in [1.82, 2.24) is 10.3 Å². The highest BCUT2D eigenvalue weighted by Crippen LogP contribution is 2.35. The molecule has 2 heterocycles. The molecule has 0 bridgehead atoms. The van der Waals surface area contributed by atoms with E-state index in [1.54, 1.807) is 0 Å². The number of nitrogens with zero attached hydrogens (tertiary/aromatic N) is 2. The van der Waals surface area contributed by atoms with Gasteiger partial charge in [0.1, 0.15) is 0 Å². The zero-order chi connectivity index (χ0) is 14.0. The second kappa shape index (κ2) is 6.02. The average molecular weight is 300 g/mol. The van der Waals surface area contributed by atoms with Crippen molar-refractivity contribution in [3.05, 3.63) is 10.6 Å². The topological polar surface area (TPSA) is 28.2 Å². The third-order valence-corrected chi connectivity index (χ3v) is 5.78. The van der Waals surface area contributed by atoms with Gasteiger partial charge in [-0.05, 0) is 19.2 Å². The van der Waals surface area contributed by atoms with Crippen LogP contribution in [-0.2, 0) is 12.0 Å². The van der Waals surface area contributed by atoms with Gasteiger partial charge in [-0.1, -0.05) is 20.8 Å². The first kappa shape index (κ1) is 15.1. The Bertz CT molecular complexity index is 417. The molecule has 1 aromatic rings. The molecule has 2 rings (SSSR count). The summed E-state index contributed by atoms with van der Waals surface area (Å²) in [5.41, 5.74) is 1.37. The van der Waals surface area contributed by atoms with Crippen molar-refractivity contribution < 1.29 is 0 Å². The molecule has 19 heavy (non-hydrogen) atoms. The molecule has 5 heteroatoms. The minimum atomic E-state index is 0.117. The molecule has 0 saturated carbocycles. The van der Waals surface area contributed by atoms with Crippen LogP contribution in [0.2, 0.25) is 0 Å². The molecule has 1 aliphatic rings. The van der Waals surface area contributed by atoms with Crippen molar-refractivity contribution in [2.24, 2.45) is 0 Å². The van der Waals surface area contributed by atoms with Crippen LogP contribution in [0.1, 0.15) is 37.8 Å². The summed E-state index contributed by atoms with van der Waals surface area (Å²) in [4.78, 5) is 8.71. The maximum Gasteiger partial charge on any atom is 0.185 e. The van der Waals surface area contributed by atoms with Crippen LogP contribution in [0.15, 0.2) is 0 Å². The molecule has 1 unspecified atom stereocenters. The van der Waals surface area contributed by atoms with Crippen molar-refractivity contribution in [3.8, 4) is 0 Å². The standard InChI is InChI=1S/C14H25N3S2/c1-14(2,3)12-11(8-15-4)19-13(16-12)17(5)10-6-7-18-9-10/h10,15H,6-9H2,1-5H3. The highest BCUT2D eigenvalue weighted by atomic mass is 32.2. The van der Waals surface area contributed by atoms with E-state index in [9.17, 15) is 0 Å². The van der Waals surface area contributed by atoms with Gasteiger partial charge in [0.05, 0.1) is 5.69 Å². The van der Waals surface area contributed by atoms with Gasteiger partial charge in [0, 0.05) is 35.7 Å². The molecule has 1 atom stereocenters. The second-order valence-electron chi connectivity index (χ2n) is 6.18. The molecule has 108 valence electrons. The van der Waals surface area contributed by atoms with Crippen LogP contribution in [0, 0.1) is 0 Å². The van der Waals surface area contributed by atoms with E-state index in [1.807, 2.05) is 18.4 Å². The van der Waals surface area contributed by atoms with Crippen LogP contribution in [0.4, 0.5) is 5.13 Å². The Balaban J connectivity index is 2.26. The number of nitrogens with one attached hydrogen (secondary N) is 1. The fourth-order valence-corrected chi connectivity index (χ4v) is 4.92. The first-order valence-corrected chi connectivity index (χ1v) is 8.86. The summed E-state index contributed by atoms with van der Waals surface area (Å²) in [7, 11) is 4.20. The lowest BCUT2D eigenvalue weighted by atomic mass is 9.91. The molecule has 3 nitrogen and oxygen atoms in total. The molecule has 0 spiro atoms. The normalized spacial score (nSPS) is 19.9. The molecular formula is C14H25N3S2. The summed E-state index contributed by atoms with van der Waals surface area (Å²) in [6.45, 7) is 7.65. The molecule has 0 aromatic carbocycles. The Labute approximate surface area is 125 Å². The maximum absolute atomic E-state index is 4.94. The first-order chi connectivity index (χ1) is 8.93. The number of thioether (sulfide) groups is 1. The predicted molar refractivity (Wildman–Crippen MR) is 87.7 cm³/mol. The van der Waals surface area contributed by atoms with Crippen molar-refractivity contribution in [3.63, 3.8) is 0 Å². The van der Waals surface area contributed by atoms with Crippen LogP contribution in [-0.4, -0.2) is 36.6 Å². The Morgan fingerprint density at radius 3 is 2.68 bits per heavy atom. The third kappa shape index (κ3) is 3.44. The van der Waals surface area contributed by atoms with Gasteiger partial charge in [-0.3, -0.25) is 0 Å². The van der Waals surface area contributed by atoms with Gasteiger partial charge in [0.25, 0.3) is 0 Å². The van der Waals surface area contributed by atoms with E-state index < -0.39 is 0 Å². The fraction of sp³-hybridized carbons (Fsp3) is 0.786. The second-order valence-corrected chi connectivity index (χ2v) is 8.39. The molecule has 1 N–H and O–H groups in total. The molecule has 1 aromatic heterocycles. The Kier molecular flexibility index (Phi) is 4.79. The zero-order valence-electron chi connectivity index (χ0n) is 12.6. The van der Waals surface area contributed by atoms with E-state index in [2.05, 4.69) is 49.8 Å². The van der Waals surface area contributed by atoms with Crippen molar-refractivity contribution in [1.29, 1.82) is 0 Å². The predicted octanol–water partition coefficient (Wildman–Crippen LogP) is 3.10. The SMILES string of the molecule is CNCc1sc(N(C)C2CCSC2)nc1C(C)(C)C. The molecule has 1 fully saturated rings. The summed E-state index contributed by atoms with van der Waals surface area (Å²) >= 11 is 3.90. The molecule has 0 amide bonds. The summed E-state index contributed by atoms with van der Waals surface area (Å²) in [6, 6.07) is 0.659. The van der Waals surface area contributed by atoms with Crippen LogP contribution in [0.3, 0.4) is 0 Å². The Morgan fingerprint density at radius 2 is 2.16 bits per heavy atom. The molecule has 1 saturated heterocycles. The van der Waals surface area contributed by atoms with E-state index in [-0.39, 0.29) is 5.41 Å². The third-order valence-electron chi connectivity index (χ3n) is 3.49. The lowest BCUT2D eigenvalue weighted by Gasteiger charge is -2.23. The molecule has 0 aliphatic carbocycles. The van der Waals surface area contributed by atoms with E-state index in [0.29, 0.717) is 6.04 Å². The number of aromatic nitrogens is 1. The number of anilines is 1. The fourth-order valence-electron chi connectivity index (χ4n) is 2.34. The van der Waals surface area contributed by atoms with Crippen LogP contribution in [0.5, 0.6) is 0 Å². The summed E-state index contributed by atoms with van der Waals surface area (Å²) in [5.74, 6) is 2.53. The monoisotopic (exact) mass is 299 g/mol. The van der Waals surface area contributed by atoms with Crippen LogP contribution in [0.25, 0.3) is 0 Å². The lowest BCUT2D eigenvalue weighted by Crippen LogP contribution is -2.31. The van der Waals surface area contributed by atoms with Gasteiger partial charge in [-0.25, -0.2) is 4.98 Å². The summed E-state index contributed by atoms with van der Waals surface area (Å²) < 4.78 is 0. The van der Waals surface area contributed by atoms with Gasteiger partial charge in [0.2, 0.25) is 0 Å². The molecular weight excluding hydrogens is 274 g/mol. The van der Waals surface area contributed by atoms with Crippen molar-refractivity contribution in [2.45, 2.75) is 45.2 Å². The zero-order valence-corrected chi connectivity index (χ0v) is 14.2. The molecule has 1 aliphatic heterocycles. The maximum atomic E-state index is 4.94. The van der Waals surface area contributed by atoms with E-state index in [0.717, 1.165) is 6.54 Å². The average Bonchev–Trinajstić information content (AvgIpc) is 2.96. The first-order valence-electron chi connectivity index (χ1n) is 6.89.